The molecule has 1 aromatic rings. The summed E-state index contributed by atoms with van der Waals surface area (Å²) < 4.78 is 2.17. The van der Waals surface area contributed by atoms with Gasteiger partial charge in [-0.05, 0) is 25.7 Å². The third kappa shape index (κ3) is 5.56. The SMILES string of the molecule is CCCCCCCCCc1nc(C)n(CC(C)C)c1N. The van der Waals surface area contributed by atoms with E-state index in [1.54, 1.807) is 0 Å². The highest BCUT2D eigenvalue weighted by atomic mass is 15.1. The van der Waals surface area contributed by atoms with Crippen molar-refractivity contribution in [3.8, 4) is 0 Å². The summed E-state index contributed by atoms with van der Waals surface area (Å²) in [7, 11) is 0. The van der Waals surface area contributed by atoms with Crippen molar-refractivity contribution < 1.29 is 0 Å². The molecule has 116 valence electrons. The summed E-state index contributed by atoms with van der Waals surface area (Å²) >= 11 is 0. The Kier molecular flexibility index (Phi) is 7.71. The second-order valence-corrected chi connectivity index (χ2v) is 6.37. The molecule has 0 amide bonds. The van der Waals surface area contributed by atoms with Gasteiger partial charge in [-0.2, -0.15) is 0 Å². The third-order valence-electron chi connectivity index (χ3n) is 3.84. The standard InChI is InChI=1S/C17H33N3/c1-5-6-7-8-9-10-11-12-16-17(18)20(13-14(2)3)15(4)19-16/h14H,5-13,18H2,1-4H3. The van der Waals surface area contributed by atoms with Gasteiger partial charge in [-0.3, -0.25) is 0 Å². The molecule has 0 aliphatic carbocycles. The van der Waals surface area contributed by atoms with Crippen LogP contribution in [0.15, 0.2) is 0 Å². The first-order chi connectivity index (χ1) is 9.56. The van der Waals surface area contributed by atoms with Gasteiger partial charge in [0.05, 0.1) is 5.69 Å². The van der Waals surface area contributed by atoms with Gasteiger partial charge in [0.1, 0.15) is 11.6 Å². The fraction of sp³-hybridized carbons (Fsp3) is 0.824. The molecule has 3 nitrogen and oxygen atoms in total. The first kappa shape index (κ1) is 17.1. The number of nitrogen functional groups attached to an aromatic ring is 1. The van der Waals surface area contributed by atoms with Gasteiger partial charge in [-0.25, -0.2) is 4.98 Å². The number of hydrogen-bond donors (Lipinski definition) is 1. The molecule has 20 heavy (non-hydrogen) atoms. The van der Waals surface area contributed by atoms with Crippen LogP contribution < -0.4 is 5.73 Å². The minimum atomic E-state index is 0.608. The number of aryl methyl sites for hydroxylation is 2. The zero-order valence-corrected chi connectivity index (χ0v) is 13.9. The van der Waals surface area contributed by atoms with E-state index in [0.717, 1.165) is 30.3 Å². The number of aromatic nitrogens is 2. The quantitative estimate of drug-likeness (QED) is 0.630. The predicted octanol–water partition coefficient (Wildman–Crippen LogP) is 4.72. The molecule has 0 unspecified atom stereocenters. The minimum Gasteiger partial charge on any atom is -0.384 e. The van der Waals surface area contributed by atoms with E-state index >= 15 is 0 Å². The lowest BCUT2D eigenvalue weighted by Crippen LogP contribution is -2.09. The zero-order chi connectivity index (χ0) is 15.0. The van der Waals surface area contributed by atoms with Crippen LogP contribution in [0.2, 0.25) is 0 Å². The largest absolute Gasteiger partial charge is 0.384 e. The molecule has 0 aromatic carbocycles. The zero-order valence-electron chi connectivity index (χ0n) is 13.9. The van der Waals surface area contributed by atoms with Crippen LogP contribution in [-0.2, 0) is 13.0 Å². The van der Waals surface area contributed by atoms with Crippen LogP contribution >= 0.6 is 0 Å². The summed E-state index contributed by atoms with van der Waals surface area (Å²) in [6.45, 7) is 9.73. The van der Waals surface area contributed by atoms with Crippen LogP contribution in [0.25, 0.3) is 0 Å². The van der Waals surface area contributed by atoms with Crippen LogP contribution in [0.4, 0.5) is 5.82 Å². The normalized spacial score (nSPS) is 11.4. The van der Waals surface area contributed by atoms with Crippen LogP contribution in [0, 0.1) is 12.8 Å². The Morgan fingerprint density at radius 3 is 2.25 bits per heavy atom. The lowest BCUT2D eigenvalue weighted by atomic mass is 10.1. The Morgan fingerprint density at radius 2 is 1.65 bits per heavy atom. The smallest absolute Gasteiger partial charge is 0.126 e. The molecule has 0 spiro atoms. The summed E-state index contributed by atoms with van der Waals surface area (Å²) in [5.41, 5.74) is 7.34. The van der Waals surface area contributed by atoms with Crippen molar-refractivity contribution in [3.05, 3.63) is 11.5 Å². The maximum Gasteiger partial charge on any atom is 0.126 e. The Labute approximate surface area is 125 Å². The van der Waals surface area contributed by atoms with Crippen LogP contribution in [-0.4, -0.2) is 9.55 Å². The van der Waals surface area contributed by atoms with Gasteiger partial charge >= 0.3 is 0 Å². The maximum atomic E-state index is 6.23. The van der Waals surface area contributed by atoms with Gasteiger partial charge in [-0.15, -0.1) is 0 Å². The number of nitrogens with zero attached hydrogens (tertiary/aromatic N) is 2. The molecule has 0 radical (unpaired) electrons. The molecule has 1 aromatic heterocycles. The van der Waals surface area contributed by atoms with E-state index < -0.39 is 0 Å². The number of anilines is 1. The van der Waals surface area contributed by atoms with Crippen molar-refractivity contribution in [1.29, 1.82) is 0 Å². The molecule has 0 fully saturated rings. The first-order valence-electron chi connectivity index (χ1n) is 8.37. The Balaban J connectivity index is 2.33. The molecule has 0 bridgehead atoms. The van der Waals surface area contributed by atoms with Gasteiger partial charge < -0.3 is 10.3 Å². The van der Waals surface area contributed by atoms with Gasteiger partial charge in [0.15, 0.2) is 0 Å². The monoisotopic (exact) mass is 279 g/mol. The molecule has 0 atom stereocenters. The molecule has 2 N–H and O–H groups in total. The minimum absolute atomic E-state index is 0.608. The van der Waals surface area contributed by atoms with Gasteiger partial charge in [0.25, 0.3) is 0 Å². The second kappa shape index (κ2) is 9.04. The van der Waals surface area contributed by atoms with Gasteiger partial charge in [-0.1, -0.05) is 59.3 Å². The van der Waals surface area contributed by atoms with E-state index in [1.165, 1.54) is 44.9 Å². The molecule has 1 heterocycles. The molecule has 0 aliphatic heterocycles. The van der Waals surface area contributed by atoms with Crippen molar-refractivity contribution in [2.24, 2.45) is 5.92 Å². The number of rotatable bonds is 10. The Morgan fingerprint density at radius 1 is 1.05 bits per heavy atom. The summed E-state index contributed by atoms with van der Waals surface area (Å²) in [4.78, 5) is 4.65. The number of nitrogens with two attached hydrogens (primary N) is 1. The molecule has 3 heteroatoms. The van der Waals surface area contributed by atoms with Crippen molar-refractivity contribution in [2.45, 2.75) is 85.6 Å². The summed E-state index contributed by atoms with van der Waals surface area (Å²) in [5, 5.41) is 0. The topological polar surface area (TPSA) is 43.8 Å². The van der Waals surface area contributed by atoms with Crippen LogP contribution in [0.1, 0.15) is 77.2 Å². The Bertz CT molecular complexity index is 380. The van der Waals surface area contributed by atoms with Crippen molar-refractivity contribution >= 4 is 5.82 Å². The lowest BCUT2D eigenvalue weighted by molar-refractivity contribution is 0.518. The van der Waals surface area contributed by atoms with Crippen molar-refractivity contribution in [3.63, 3.8) is 0 Å². The van der Waals surface area contributed by atoms with Crippen LogP contribution in [0.3, 0.4) is 0 Å². The molecule has 0 saturated heterocycles. The number of unbranched alkanes of at least 4 members (excludes halogenated alkanes) is 6. The summed E-state index contributed by atoms with van der Waals surface area (Å²) in [6, 6.07) is 0. The maximum absolute atomic E-state index is 6.23. The molecule has 1 rings (SSSR count). The molecular formula is C17H33N3. The second-order valence-electron chi connectivity index (χ2n) is 6.37. The first-order valence-corrected chi connectivity index (χ1v) is 8.37. The van der Waals surface area contributed by atoms with Gasteiger partial charge in [0.2, 0.25) is 0 Å². The lowest BCUT2D eigenvalue weighted by Gasteiger charge is -2.10. The van der Waals surface area contributed by atoms with E-state index in [4.69, 9.17) is 5.73 Å². The number of imidazole rings is 1. The molecule has 0 saturated carbocycles. The highest BCUT2D eigenvalue weighted by Gasteiger charge is 2.12. The van der Waals surface area contributed by atoms with E-state index in [2.05, 4.69) is 37.2 Å². The fourth-order valence-electron chi connectivity index (χ4n) is 2.67. The third-order valence-corrected chi connectivity index (χ3v) is 3.84. The fourth-order valence-corrected chi connectivity index (χ4v) is 2.67. The predicted molar refractivity (Wildman–Crippen MR) is 87.9 cm³/mol. The average molecular weight is 279 g/mol. The highest BCUT2D eigenvalue weighted by Crippen LogP contribution is 2.19. The molecule has 0 aliphatic rings. The van der Waals surface area contributed by atoms with E-state index in [-0.39, 0.29) is 0 Å². The van der Waals surface area contributed by atoms with Crippen LogP contribution in [0.5, 0.6) is 0 Å². The Hall–Kier alpha value is -0.990. The average Bonchev–Trinajstić information content (AvgIpc) is 2.65. The van der Waals surface area contributed by atoms with E-state index in [1.807, 2.05) is 0 Å². The highest BCUT2D eigenvalue weighted by molar-refractivity contribution is 5.38. The van der Waals surface area contributed by atoms with Crippen molar-refractivity contribution in [1.82, 2.24) is 9.55 Å². The summed E-state index contributed by atoms with van der Waals surface area (Å²) in [5.74, 6) is 2.56. The van der Waals surface area contributed by atoms with Crippen molar-refractivity contribution in [2.75, 3.05) is 5.73 Å². The van der Waals surface area contributed by atoms with E-state index in [9.17, 15) is 0 Å². The van der Waals surface area contributed by atoms with E-state index in [0.29, 0.717) is 5.92 Å². The summed E-state index contributed by atoms with van der Waals surface area (Å²) in [6.07, 6.45) is 10.4. The number of hydrogen-bond acceptors (Lipinski definition) is 2. The molecular weight excluding hydrogens is 246 g/mol. The van der Waals surface area contributed by atoms with Gasteiger partial charge in [0, 0.05) is 6.54 Å².